The molecule has 1 aromatic heterocycles. The van der Waals surface area contributed by atoms with Gasteiger partial charge in [-0.1, -0.05) is 24.3 Å². The van der Waals surface area contributed by atoms with Gasteiger partial charge in [0.25, 0.3) is 0 Å². The van der Waals surface area contributed by atoms with E-state index in [1.54, 1.807) is 0 Å². The predicted molar refractivity (Wildman–Crippen MR) is 111 cm³/mol. The Kier molecular flexibility index (Phi) is 9.44. The number of benzene rings is 1. The number of hydrogen-bond acceptors (Lipinski definition) is 2. The van der Waals surface area contributed by atoms with Crippen LogP contribution in [0.2, 0.25) is 0 Å². The van der Waals surface area contributed by atoms with E-state index in [4.69, 9.17) is 0 Å². The van der Waals surface area contributed by atoms with Crippen molar-refractivity contribution >= 4 is 29.9 Å². The first-order valence-corrected chi connectivity index (χ1v) is 8.24. The molecule has 0 fully saturated rings. The smallest absolute Gasteiger partial charge is 0.191 e. The number of nitrogens with one attached hydrogen (secondary N) is 2. The molecule has 1 aromatic carbocycles. The Morgan fingerprint density at radius 1 is 1.21 bits per heavy atom. The normalized spacial score (nSPS) is 11.0. The molecule has 0 aliphatic rings. The van der Waals surface area contributed by atoms with Crippen molar-refractivity contribution in [2.75, 3.05) is 13.1 Å². The predicted octanol–water partition coefficient (Wildman–Crippen LogP) is 3.26. The molecule has 2 rings (SSSR count). The highest BCUT2D eigenvalue weighted by Crippen LogP contribution is 2.07. The van der Waals surface area contributed by atoms with Crippen LogP contribution >= 0.6 is 24.0 Å². The lowest BCUT2D eigenvalue weighted by atomic mass is 10.1. The molecule has 0 aliphatic carbocycles. The molecule has 1 heterocycles. The third-order valence-electron chi connectivity index (χ3n) is 3.63. The van der Waals surface area contributed by atoms with E-state index < -0.39 is 0 Å². The molecule has 2 aromatic rings. The van der Waals surface area contributed by atoms with Crippen LogP contribution < -0.4 is 10.6 Å². The summed E-state index contributed by atoms with van der Waals surface area (Å²) in [6.07, 6.45) is 4.97. The van der Waals surface area contributed by atoms with Gasteiger partial charge >= 0.3 is 0 Å². The third-order valence-corrected chi connectivity index (χ3v) is 3.63. The van der Waals surface area contributed by atoms with Gasteiger partial charge in [-0.25, -0.2) is 4.99 Å². The summed E-state index contributed by atoms with van der Waals surface area (Å²) in [4.78, 5) is 4.67. The van der Waals surface area contributed by atoms with Crippen molar-refractivity contribution in [3.05, 3.63) is 53.3 Å². The average Bonchev–Trinajstić information content (AvgIpc) is 2.96. The highest BCUT2D eigenvalue weighted by molar-refractivity contribution is 14.0. The van der Waals surface area contributed by atoms with Gasteiger partial charge in [-0.15, -0.1) is 24.0 Å². The van der Waals surface area contributed by atoms with Crippen LogP contribution in [0.3, 0.4) is 0 Å². The SMILES string of the molecule is CCNC(=NCc1ccccc1C)NCCCn1cc(C)cn1.I. The van der Waals surface area contributed by atoms with Crippen LogP contribution in [0.15, 0.2) is 41.7 Å². The van der Waals surface area contributed by atoms with Gasteiger partial charge in [0.2, 0.25) is 0 Å². The fourth-order valence-electron chi connectivity index (χ4n) is 2.33. The summed E-state index contributed by atoms with van der Waals surface area (Å²) in [7, 11) is 0. The van der Waals surface area contributed by atoms with E-state index in [0.717, 1.165) is 32.0 Å². The number of rotatable bonds is 7. The first-order valence-electron chi connectivity index (χ1n) is 8.24. The van der Waals surface area contributed by atoms with Crippen LogP contribution in [0, 0.1) is 13.8 Å². The second-order valence-electron chi connectivity index (χ2n) is 5.68. The van der Waals surface area contributed by atoms with Gasteiger partial charge in [0.05, 0.1) is 12.7 Å². The van der Waals surface area contributed by atoms with Gasteiger partial charge in [0, 0.05) is 25.8 Å². The van der Waals surface area contributed by atoms with E-state index in [9.17, 15) is 0 Å². The van der Waals surface area contributed by atoms with Gasteiger partial charge < -0.3 is 10.6 Å². The van der Waals surface area contributed by atoms with E-state index in [1.165, 1.54) is 16.7 Å². The van der Waals surface area contributed by atoms with Crippen molar-refractivity contribution in [1.29, 1.82) is 0 Å². The maximum Gasteiger partial charge on any atom is 0.191 e. The molecule has 0 saturated heterocycles. The van der Waals surface area contributed by atoms with Gasteiger partial charge in [-0.05, 0) is 43.9 Å². The lowest BCUT2D eigenvalue weighted by Crippen LogP contribution is -2.38. The second kappa shape index (κ2) is 11.1. The monoisotopic (exact) mass is 441 g/mol. The van der Waals surface area contributed by atoms with E-state index >= 15 is 0 Å². The summed E-state index contributed by atoms with van der Waals surface area (Å²) in [5, 5.41) is 11.0. The van der Waals surface area contributed by atoms with E-state index in [1.807, 2.05) is 10.9 Å². The van der Waals surface area contributed by atoms with Crippen LogP contribution in [0.25, 0.3) is 0 Å². The summed E-state index contributed by atoms with van der Waals surface area (Å²) in [6.45, 7) is 9.60. The summed E-state index contributed by atoms with van der Waals surface area (Å²) < 4.78 is 1.98. The maximum absolute atomic E-state index is 4.67. The van der Waals surface area contributed by atoms with Crippen molar-refractivity contribution in [2.45, 2.75) is 40.3 Å². The molecule has 0 aliphatic heterocycles. The minimum Gasteiger partial charge on any atom is -0.357 e. The molecule has 6 heteroatoms. The Bertz CT molecular complexity index is 636. The summed E-state index contributed by atoms with van der Waals surface area (Å²) in [6, 6.07) is 8.37. The standard InChI is InChI=1S/C18H27N5.HI/c1-4-19-18(21-13-17-9-6-5-8-16(17)3)20-10-7-11-23-14-15(2)12-22-23;/h5-6,8-9,12,14H,4,7,10-11,13H2,1-3H3,(H2,19,20,21);1H. The average molecular weight is 441 g/mol. The zero-order valence-corrected chi connectivity index (χ0v) is 17.1. The molecule has 2 N–H and O–H groups in total. The number of halogens is 1. The molecule has 0 radical (unpaired) electrons. The van der Waals surface area contributed by atoms with Crippen molar-refractivity contribution in [3.63, 3.8) is 0 Å². The Morgan fingerprint density at radius 2 is 2.00 bits per heavy atom. The number of nitrogens with zero attached hydrogens (tertiary/aromatic N) is 3. The first-order chi connectivity index (χ1) is 11.2. The fraction of sp³-hybridized carbons (Fsp3) is 0.444. The highest BCUT2D eigenvalue weighted by atomic mass is 127. The number of guanidine groups is 1. The number of aromatic nitrogens is 2. The highest BCUT2D eigenvalue weighted by Gasteiger charge is 2.00. The largest absolute Gasteiger partial charge is 0.357 e. The van der Waals surface area contributed by atoms with Gasteiger partial charge in [-0.3, -0.25) is 4.68 Å². The summed E-state index contributed by atoms with van der Waals surface area (Å²) >= 11 is 0. The zero-order chi connectivity index (χ0) is 16.5. The quantitative estimate of drug-likeness (QED) is 0.300. The Morgan fingerprint density at radius 3 is 2.67 bits per heavy atom. The van der Waals surface area contributed by atoms with Crippen molar-refractivity contribution in [1.82, 2.24) is 20.4 Å². The van der Waals surface area contributed by atoms with Crippen molar-refractivity contribution < 1.29 is 0 Å². The first kappa shape index (κ1) is 20.5. The van der Waals surface area contributed by atoms with E-state index in [0.29, 0.717) is 6.54 Å². The molecule has 0 spiro atoms. The number of aliphatic imine (C=N–C) groups is 1. The molecule has 24 heavy (non-hydrogen) atoms. The topological polar surface area (TPSA) is 54.2 Å². The molecule has 5 nitrogen and oxygen atoms in total. The van der Waals surface area contributed by atoms with Crippen LogP contribution in [-0.2, 0) is 13.1 Å². The lowest BCUT2D eigenvalue weighted by Gasteiger charge is -2.12. The Labute approximate surface area is 162 Å². The molecular formula is C18H28IN5. The fourth-order valence-corrected chi connectivity index (χ4v) is 2.33. The Balaban J connectivity index is 0.00000288. The molecule has 0 unspecified atom stereocenters. The van der Waals surface area contributed by atoms with Crippen molar-refractivity contribution in [2.24, 2.45) is 4.99 Å². The van der Waals surface area contributed by atoms with E-state index in [2.05, 4.69) is 72.0 Å². The molecule has 0 atom stereocenters. The minimum atomic E-state index is 0. The molecule has 132 valence electrons. The van der Waals surface area contributed by atoms with Crippen LogP contribution in [0.4, 0.5) is 0 Å². The maximum atomic E-state index is 4.67. The van der Waals surface area contributed by atoms with Crippen molar-refractivity contribution in [3.8, 4) is 0 Å². The summed E-state index contributed by atoms with van der Waals surface area (Å²) in [5.74, 6) is 0.868. The number of aryl methyl sites for hydroxylation is 3. The molecular weight excluding hydrogens is 413 g/mol. The molecule has 0 saturated carbocycles. The second-order valence-corrected chi connectivity index (χ2v) is 5.68. The lowest BCUT2D eigenvalue weighted by molar-refractivity contribution is 0.570. The van der Waals surface area contributed by atoms with E-state index in [-0.39, 0.29) is 24.0 Å². The van der Waals surface area contributed by atoms with Crippen LogP contribution in [-0.4, -0.2) is 28.8 Å². The molecule has 0 bridgehead atoms. The Hall–Kier alpha value is -1.57. The molecule has 0 amide bonds. The van der Waals surface area contributed by atoms with Gasteiger partial charge in [-0.2, -0.15) is 5.10 Å². The van der Waals surface area contributed by atoms with Gasteiger partial charge in [0.1, 0.15) is 0 Å². The van der Waals surface area contributed by atoms with Gasteiger partial charge in [0.15, 0.2) is 5.96 Å². The summed E-state index contributed by atoms with van der Waals surface area (Å²) in [5.41, 5.74) is 3.74. The minimum absolute atomic E-state index is 0. The zero-order valence-electron chi connectivity index (χ0n) is 14.7. The van der Waals surface area contributed by atoms with Crippen LogP contribution in [0.5, 0.6) is 0 Å². The van der Waals surface area contributed by atoms with Crippen LogP contribution in [0.1, 0.15) is 30.0 Å². The third kappa shape index (κ3) is 6.90. The number of hydrogen-bond donors (Lipinski definition) is 2.